The summed E-state index contributed by atoms with van der Waals surface area (Å²) in [6.45, 7) is 2.37. The molecule has 1 N–H and O–H groups in total. The van der Waals surface area contributed by atoms with Crippen LogP contribution in [0.3, 0.4) is 0 Å². The van der Waals surface area contributed by atoms with Crippen molar-refractivity contribution < 1.29 is 22.7 Å². The van der Waals surface area contributed by atoms with Crippen molar-refractivity contribution in [3.63, 3.8) is 0 Å². The summed E-state index contributed by atoms with van der Waals surface area (Å²) in [5.41, 5.74) is 3.73. The lowest BCUT2D eigenvalue weighted by Gasteiger charge is -2.29. The van der Waals surface area contributed by atoms with E-state index in [0.29, 0.717) is 37.2 Å². The number of sulfonamides is 1. The second-order valence-electron chi connectivity index (χ2n) is 7.06. The second kappa shape index (κ2) is 8.65. The molecule has 1 amide bonds. The van der Waals surface area contributed by atoms with Crippen molar-refractivity contribution in [1.29, 1.82) is 0 Å². The second-order valence-corrected chi connectivity index (χ2v) is 8.97. The van der Waals surface area contributed by atoms with Crippen LogP contribution in [-0.4, -0.2) is 39.7 Å². The highest BCUT2D eigenvalue weighted by Crippen LogP contribution is 2.30. The van der Waals surface area contributed by atoms with Crippen LogP contribution < -0.4 is 9.62 Å². The molecular weight excluding hydrogens is 392 g/mol. The Bertz CT molecular complexity index is 1030. The number of fused-ring (bicyclic) bond motifs is 1. The molecule has 0 saturated heterocycles. The molecule has 29 heavy (non-hydrogen) atoms. The fraction of sp³-hybridized carbons (Fsp3) is 0.333. The number of nitrogens with one attached hydrogen (secondary N) is 1. The number of ether oxygens (including phenoxy) is 1. The standard InChI is InChI=1S/C21H24N2O5S/c1-15-6-3-4-7-18(15)13-22-20(24)14-28-21(25)17-9-10-19-16(12-17)8-5-11-23(19)29(2,26)27/h3-4,6-7,9-10,12H,5,8,11,13-14H2,1-2H3,(H,22,24). The molecule has 0 atom stereocenters. The normalized spacial score (nSPS) is 13.5. The minimum absolute atomic E-state index is 0.297. The van der Waals surface area contributed by atoms with Gasteiger partial charge in [0.25, 0.3) is 5.91 Å². The van der Waals surface area contributed by atoms with Crippen molar-refractivity contribution >= 4 is 27.6 Å². The molecule has 154 valence electrons. The van der Waals surface area contributed by atoms with Crippen molar-refractivity contribution in [3.05, 3.63) is 64.7 Å². The summed E-state index contributed by atoms with van der Waals surface area (Å²) in [6.07, 6.45) is 2.53. The molecule has 3 rings (SSSR count). The molecule has 2 aromatic rings. The number of hydrogen-bond acceptors (Lipinski definition) is 5. The number of benzene rings is 2. The zero-order valence-corrected chi connectivity index (χ0v) is 17.3. The zero-order chi connectivity index (χ0) is 21.0. The smallest absolute Gasteiger partial charge is 0.338 e. The summed E-state index contributed by atoms with van der Waals surface area (Å²) in [7, 11) is -3.36. The van der Waals surface area contributed by atoms with E-state index >= 15 is 0 Å². The first-order valence-corrected chi connectivity index (χ1v) is 11.2. The number of carbonyl (C=O) groups is 2. The van der Waals surface area contributed by atoms with Gasteiger partial charge in [-0.15, -0.1) is 0 Å². The zero-order valence-electron chi connectivity index (χ0n) is 16.5. The van der Waals surface area contributed by atoms with Gasteiger partial charge in [-0.1, -0.05) is 24.3 Å². The van der Waals surface area contributed by atoms with Crippen LogP contribution in [0.5, 0.6) is 0 Å². The summed E-state index contributed by atoms with van der Waals surface area (Å²) in [4.78, 5) is 24.3. The van der Waals surface area contributed by atoms with Crippen molar-refractivity contribution in [1.82, 2.24) is 5.32 Å². The molecule has 0 saturated carbocycles. The lowest BCUT2D eigenvalue weighted by Crippen LogP contribution is -2.34. The lowest BCUT2D eigenvalue weighted by molar-refractivity contribution is -0.124. The van der Waals surface area contributed by atoms with E-state index in [-0.39, 0.29) is 12.5 Å². The van der Waals surface area contributed by atoms with Gasteiger partial charge in [-0.2, -0.15) is 0 Å². The third-order valence-corrected chi connectivity index (χ3v) is 6.04. The Morgan fingerprint density at radius 1 is 1.17 bits per heavy atom. The topological polar surface area (TPSA) is 92.8 Å². The molecule has 7 nitrogen and oxygen atoms in total. The Balaban J connectivity index is 1.58. The van der Waals surface area contributed by atoms with E-state index in [1.54, 1.807) is 12.1 Å². The summed E-state index contributed by atoms with van der Waals surface area (Å²) >= 11 is 0. The first-order chi connectivity index (χ1) is 13.8. The van der Waals surface area contributed by atoms with Crippen LogP contribution in [0.2, 0.25) is 0 Å². The third kappa shape index (κ3) is 5.14. The van der Waals surface area contributed by atoms with Crippen molar-refractivity contribution in [2.45, 2.75) is 26.3 Å². The molecule has 1 aliphatic heterocycles. The first kappa shape index (κ1) is 20.9. The van der Waals surface area contributed by atoms with E-state index in [0.717, 1.165) is 16.7 Å². The molecule has 1 aliphatic rings. The highest BCUT2D eigenvalue weighted by Gasteiger charge is 2.25. The maximum atomic E-state index is 12.3. The number of esters is 1. The number of nitrogens with zero attached hydrogens (tertiary/aromatic N) is 1. The average Bonchev–Trinajstić information content (AvgIpc) is 2.69. The Morgan fingerprint density at radius 3 is 2.66 bits per heavy atom. The quantitative estimate of drug-likeness (QED) is 0.729. The summed E-state index contributed by atoms with van der Waals surface area (Å²) in [5, 5.41) is 2.73. The summed E-state index contributed by atoms with van der Waals surface area (Å²) in [5.74, 6) is -1.00. The van der Waals surface area contributed by atoms with Gasteiger partial charge in [0, 0.05) is 13.1 Å². The van der Waals surface area contributed by atoms with Crippen LogP contribution in [0.15, 0.2) is 42.5 Å². The van der Waals surface area contributed by atoms with Gasteiger partial charge in [0.2, 0.25) is 10.0 Å². The molecule has 0 bridgehead atoms. The number of amides is 1. The van der Waals surface area contributed by atoms with Crippen molar-refractivity contribution in [3.8, 4) is 0 Å². The molecule has 0 radical (unpaired) electrons. The number of rotatable bonds is 6. The van der Waals surface area contributed by atoms with Gasteiger partial charge in [-0.25, -0.2) is 13.2 Å². The van der Waals surface area contributed by atoms with Crippen LogP contribution in [0, 0.1) is 6.92 Å². The van der Waals surface area contributed by atoms with Gasteiger partial charge in [0.05, 0.1) is 17.5 Å². The third-order valence-electron chi connectivity index (χ3n) is 4.86. The van der Waals surface area contributed by atoms with Crippen LogP contribution in [0.1, 0.15) is 33.5 Å². The minimum atomic E-state index is -3.36. The van der Waals surface area contributed by atoms with Gasteiger partial charge < -0.3 is 10.1 Å². The van der Waals surface area contributed by atoms with Gasteiger partial charge in [-0.05, 0) is 54.7 Å². The summed E-state index contributed by atoms with van der Waals surface area (Å²) < 4.78 is 30.3. The summed E-state index contributed by atoms with van der Waals surface area (Å²) in [6, 6.07) is 12.5. The maximum absolute atomic E-state index is 12.3. The lowest BCUT2D eigenvalue weighted by atomic mass is 10.0. The first-order valence-electron chi connectivity index (χ1n) is 9.34. The number of carbonyl (C=O) groups excluding carboxylic acids is 2. The van der Waals surface area contributed by atoms with Crippen LogP contribution in [0.25, 0.3) is 0 Å². The van der Waals surface area contributed by atoms with Crippen LogP contribution >= 0.6 is 0 Å². The Labute approximate surface area is 170 Å². The molecule has 1 heterocycles. The highest BCUT2D eigenvalue weighted by molar-refractivity contribution is 7.92. The van der Waals surface area contributed by atoms with Crippen molar-refractivity contribution in [2.24, 2.45) is 0 Å². The average molecular weight is 416 g/mol. The molecule has 0 aliphatic carbocycles. The van der Waals surface area contributed by atoms with E-state index in [2.05, 4.69) is 5.32 Å². The molecule has 0 spiro atoms. The van der Waals surface area contributed by atoms with E-state index in [1.807, 2.05) is 31.2 Å². The predicted molar refractivity (Wildman–Crippen MR) is 110 cm³/mol. The Hall–Kier alpha value is -2.87. The minimum Gasteiger partial charge on any atom is -0.452 e. The molecule has 8 heteroatoms. The Kier molecular flexibility index (Phi) is 6.22. The molecule has 0 aromatic heterocycles. The molecular formula is C21H24N2O5S. The van der Waals surface area contributed by atoms with Crippen LogP contribution in [-0.2, 0) is 32.5 Å². The highest BCUT2D eigenvalue weighted by atomic mass is 32.2. The van der Waals surface area contributed by atoms with E-state index < -0.39 is 16.0 Å². The monoisotopic (exact) mass is 416 g/mol. The van der Waals surface area contributed by atoms with Crippen LogP contribution in [0.4, 0.5) is 5.69 Å². The van der Waals surface area contributed by atoms with E-state index in [9.17, 15) is 18.0 Å². The van der Waals surface area contributed by atoms with Gasteiger partial charge in [0.1, 0.15) is 0 Å². The fourth-order valence-electron chi connectivity index (χ4n) is 3.30. The van der Waals surface area contributed by atoms with E-state index in [1.165, 1.54) is 16.6 Å². The molecule has 2 aromatic carbocycles. The number of aryl methyl sites for hydroxylation is 2. The van der Waals surface area contributed by atoms with E-state index in [4.69, 9.17) is 4.74 Å². The largest absolute Gasteiger partial charge is 0.452 e. The number of anilines is 1. The van der Waals surface area contributed by atoms with Gasteiger partial charge in [0.15, 0.2) is 6.61 Å². The maximum Gasteiger partial charge on any atom is 0.338 e. The number of hydrogen-bond donors (Lipinski definition) is 1. The van der Waals surface area contributed by atoms with Crippen molar-refractivity contribution in [2.75, 3.05) is 23.7 Å². The fourth-order valence-corrected chi connectivity index (χ4v) is 4.30. The SMILES string of the molecule is Cc1ccccc1CNC(=O)COC(=O)c1ccc2c(c1)CCCN2S(C)(=O)=O. The van der Waals surface area contributed by atoms with Gasteiger partial charge >= 0.3 is 5.97 Å². The van der Waals surface area contributed by atoms with Gasteiger partial charge in [-0.3, -0.25) is 9.10 Å². The predicted octanol–water partition coefficient (Wildman–Crippen LogP) is 2.18. The Morgan fingerprint density at radius 2 is 1.93 bits per heavy atom. The molecule has 0 unspecified atom stereocenters. The molecule has 0 fully saturated rings.